The minimum absolute atomic E-state index is 0.102. The number of hydrogen-bond acceptors (Lipinski definition) is 3. The first-order valence-corrected chi connectivity index (χ1v) is 8.29. The van der Waals surface area contributed by atoms with Crippen LogP contribution in [0, 0.1) is 11.8 Å². The summed E-state index contributed by atoms with van der Waals surface area (Å²) in [6.45, 7) is 3.13. The topological polar surface area (TPSA) is 69.6 Å². The quantitative estimate of drug-likeness (QED) is 0.784. The van der Waals surface area contributed by atoms with Crippen LogP contribution in [0.4, 0.5) is 5.69 Å². The Bertz CT molecular complexity index is 624. The Morgan fingerprint density at radius 2 is 1.87 bits per heavy atom. The average molecular weight is 380 g/mol. The molecular formula is C15H17Cl3N2O3. The van der Waals surface area contributed by atoms with Gasteiger partial charge in [0.25, 0.3) is 0 Å². The fourth-order valence-corrected chi connectivity index (χ4v) is 3.38. The molecule has 2 atom stereocenters. The first-order valence-electron chi connectivity index (χ1n) is 7.15. The second-order valence-corrected chi connectivity index (χ2v) is 7.09. The molecule has 126 valence electrons. The second kappa shape index (κ2) is 7.71. The van der Waals surface area contributed by atoms with Gasteiger partial charge in [0.05, 0.1) is 33.2 Å². The average Bonchev–Trinajstić information content (AvgIpc) is 2.44. The molecule has 1 aromatic rings. The van der Waals surface area contributed by atoms with Crippen molar-refractivity contribution in [1.29, 1.82) is 0 Å². The van der Waals surface area contributed by atoms with E-state index in [0.717, 1.165) is 0 Å². The lowest BCUT2D eigenvalue weighted by Crippen LogP contribution is -2.45. The number of amides is 1. The smallest absolute Gasteiger partial charge is 0.307 e. The number of piperidine rings is 1. The van der Waals surface area contributed by atoms with Gasteiger partial charge in [-0.15, -0.1) is 0 Å². The lowest BCUT2D eigenvalue weighted by Gasteiger charge is -2.34. The van der Waals surface area contributed by atoms with Crippen LogP contribution in [-0.4, -0.2) is 41.5 Å². The molecule has 2 unspecified atom stereocenters. The first kappa shape index (κ1) is 18.3. The number of carbonyl (C=O) groups is 2. The highest BCUT2D eigenvalue weighted by atomic mass is 35.5. The zero-order chi connectivity index (χ0) is 17.1. The summed E-state index contributed by atoms with van der Waals surface area (Å²) in [5, 5.41) is 12.7. The molecular weight excluding hydrogens is 363 g/mol. The third kappa shape index (κ3) is 4.98. The van der Waals surface area contributed by atoms with Crippen LogP contribution in [0.25, 0.3) is 0 Å². The molecule has 23 heavy (non-hydrogen) atoms. The van der Waals surface area contributed by atoms with Gasteiger partial charge in [0.15, 0.2) is 0 Å². The molecule has 1 heterocycles. The van der Waals surface area contributed by atoms with Crippen molar-refractivity contribution < 1.29 is 14.7 Å². The van der Waals surface area contributed by atoms with Crippen LogP contribution in [0.3, 0.4) is 0 Å². The van der Waals surface area contributed by atoms with Gasteiger partial charge in [-0.1, -0.05) is 41.7 Å². The molecule has 0 bridgehead atoms. The molecule has 1 aliphatic heterocycles. The lowest BCUT2D eigenvalue weighted by atomic mass is 9.90. The van der Waals surface area contributed by atoms with E-state index in [1.54, 1.807) is 0 Å². The number of rotatable bonds is 4. The highest BCUT2D eigenvalue weighted by molar-refractivity contribution is 6.44. The van der Waals surface area contributed by atoms with E-state index in [4.69, 9.17) is 39.9 Å². The minimum atomic E-state index is -0.825. The predicted molar refractivity (Wildman–Crippen MR) is 91.4 cm³/mol. The Kier molecular flexibility index (Phi) is 6.14. The van der Waals surface area contributed by atoms with E-state index in [1.165, 1.54) is 12.1 Å². The van der Waals surface area contributed by atoms with Crippen molar-refractivity contribution in [1.82, 2.24) is 4.90 Å². The standard InChI is InChI=1S/C15H17Cl3N2O3/c1-8-2-9(15(22)23)6-20(5-8)7-14(21)19-13-4-11(17)10(16)3-12(13)18/h3-4,8-9H,2,5-7H2,1H3,(H,19,21)(H,22,23). The van der Waals surface area contributed by atoms with Gasteiger partial charge in [0.2, 0.25) is 5.91 Å². The molecule has 0 radical (unpaired) electrons. The number of nitrogens with one attached hydrogen (secondary N) is 1. The monoisotopic (exact) mass is 378 g/mol. The molecule has 1 amide bonds. The van der Waals surface area contributed by atoms with E-state index in [1.807, 2.05) is 11.8 Å². The van der Waals surface area contributed by atoms with Gasteiger partial charge < -0.3 is 10.4 Å². The van der Waals surface area contributed by atoms with Crippen LogP contribution in [0.5, 0.6) is 0 Å². The second-order valence-electron chi connectivity index (χ2n) is 5.86. The maximum Gasteiger partial charge on any atom is 0.307 e. The van der Waals surface area contributed by atoms with E-state index >= 15 is 0 Å². The fraction of sp³-hybridized carbons (Fsp3) is 0.467. The lowest BCUT2D eigenvalue weighted by molar-refractivity contribution is -0.144. The van der Waals surface area contributed by atoms with E-state index < -0.39 is 11.9 Å². The number of anilines is 1. The van der Waals surface area contributed by atoms with Crippen molar-refractivity contribution in [3.63, 3.8) is 0 Å². The molecule has 2 rings (SSSR count). The number of likely N-dealkylation sites (tertiary alicyclic amines) is 1. The summed E-state index contributed by atoms with van der Waals surface area (Å²) in [4.78, 5) is 25.2. The SMILES string of the molecule is CC1CC(C(=O)O)CN(CC(=O)Nc2cc(Cl)c(Cl)cc2Cl)C1. The van der Waals surface area contributed by atoms with Crippen molar-refractivity contribution in [2.75, 3.05) is 25.0 Å². The maximum absolute atomic E-state index is 12.2. The van der Waals surface area contributed by atoms with E-state index in [0.29, 0.717) is 40.3 Å². The van der Waals surface area contributed by atoms with E-state index in [2.05, 4.69) is 5.32 Å². The van der Waals surface area contributed by atoms with Crippen molar-refractivity contribution in [2.24, 2.45) is 11.8 Å². The Balaban J connectivity index is 1.99. The number of carboxylic acids is 1. The zero-order valence-electron chi connectivity index (χ0n) is 12.5. The summed E-state index contributed by atoms with van der Waals surface area (Å²) in [5.74, 6) is -1.32. The predicted octanol–water partition coefficient (Wildman–Crippen LogP) is 3.63. The molecule has 0 aromatic heterocycles. The maximum atomic E-state index is 12.2. The van der Waals surface area contributed by atoms with Gasteiger partial charge in [-0.25, -0.2) is 0 Å². The number of hydrogen-bond donors (Lipinski definition) is 2. The Morgan fingerprint density at radius 1 is 1.22 bits per heavy atom. The van der Waals surface area contributed by atoms with Gasteiger partial charge >= 0.3 is 5.97 Å². The number of benzene rings is 1. The van der Waals surface area contributed by atoms with Crippen LogP contribution >= 0.6 is 34.8 Å². The number of nitrogens with zero attached hydrogens (tertiary/aromatic N) is 1. The Hall–Kier alpha value is -1.01. The van der Waals surface area contributed by atoms with Gasteiger partial charge in [-0.05, 0) is 24.5 Å². The third-order valence-corrected chi connectivity index (χ3v) is 4.77. The summed E-state index contributed by atoms with van der Waals surface area (Å²) in [6, 6.07) is 2.95. The highest BCUT2D eigenvalue weighted by Gasteiger charge is 2.30. The van der Waals surface area contributed by atoms with Crippen LogP contribution in [-0.2, 0) is 9.59 Å². The number of carboxylic acid groups (broad SMARTS) is 1. The molecule has 1 aromatic carbocycles. The third-order valence-electron chi connectivity index (χ3n) is 3.74. The van der Waals surface area contributed by atoms with Gasteiger partial charge in [-0.2, -0.15) is 0 Å². The van der Waals surface area contributed by atoms with E-state index in [9.17, 15) is 9.59 Å². The summed E-state index contributed by atoms with van der Waals surface area (Å²) < 4.78 is 0. The highest BCUT2D eigenvalue weighted by Crippen LogP contribution is 2.32. The summed E-state index contributed by atoms with van der Waals surface area (Å²) in [6.07, 6.45) is 0.631. The number of carbonyl (C=O) groups excluding carboxylic acids is 1. The van der Waals surface area contributed by atoms with Gasteiger partial charge in [0, 0.05) is 13.1 Å². The van der Waals surface area contributed by atoms with Crippen molar-refractivity contribution in [2.45, 2.75) is 13.3 Å². The largest absolute Gasteiger partial charge is 0.481 e. The zero-order valence-corrected chi connectivity index (χ0v) is 14.8. The minimum Gasteiger partial charge on any atom is -0.481 e. The first-order chi connectivity index (χ1) is 10.8. The molecule has 1 fully saturated rings. The summed E-state index contributed by atoms with van der Waals surface area (Å²) in [7, 11) is 0. The van der Waals surface area contributed by atoms with Crippen molar-refractivity contribution in [3.05, 3.63) is 27.2 Å². The van der Waals surface area contributed by atoms with Crippen molar-refractivity contribution >= 4 is 52.4 Å². The molecule has 1 saturated heterocycles. The van der Waals surface area contributed by atoms with Crippen LogP contribution < -0.4 is 5.32 Å². The van der Waals surface area contributed by atoms with Gasteiger partial charge in [-0.3, -0.25) is 14.5 Å². The molecule has 0 aliphatic carbocycles. The van der Waals surface area contributed by atoms with Crippen molar-refractivity contribution in [3.8, 4) is 0 Å². The summed E-state index contributed by atoms with van der Waals surface area (Å²) >= 11 is 17.8. The molecule has 0 saturated carbocycles. The Morgan fingerprint density at radius 3 is 2.52 bits per heavy atom. The molecule has 1 aliphatic rings. The number of aliphatic carboxylic acids is 1. The molecule has 5 nitrogen and oxygen atoms in total. The summed E-state index contributed by atoms with van der Waals surface area (Å²) in [5.41, 5.74) is 0.380. The Labute approximate surface area is 149 Å². The molecule has 8 heteroatoms. The van der Waals surface area contributed by atoms with Crippen LogP contribution in [0.1, 0.15) is 13.3 Å². The molecule has 2 N–H and O–H groups in total. The fourth-order valence-electron chi connectivity index (χ4n) is 2.78. The van der Waals surface area contributed by atoms with Crippen LogP contribution in [0.15, 0.2) is 12.1 Å². The molecule has 0 spiro atoms. The van der Waals surface area contributed by atoms with Crippen LogP contribution in [0.2, 0.25) is 15.1 Å². The number of halogens is 3. The normalized spacial score (nSPS) is 21.9. The van der Waals surface area contributed by atoms with E-state index in [-0.39, 0.29) is 18.4 Å². The van der Waals surface area contributed by atoms with Gasteiger partial charge in [0.1, 0.15) is 0 Å².